The molecule has 0 aliphatic rings. The van der Waals surface area contributed by atoms with Crippen LogP contribution in [0.2, 0.25) is 0 Å². The van der Waals surface area contributed by atoms with Gasteiger partial charge in [-0.05, 0) is 19.2 Å². The van der Waals surface area contributed by atoms with Crippen LogP contribution < -0.4 is 10.6 Å². The Labute approximate surface area is 97.6 Å². The molecule has 1 aromatic carbocycles. The minimum Gasteiger partial charge on any atom is -0.478 e. The fourth-order valence-electron chi connectivity index (χ4n) is 1.30. The molecule has 6 heteroatoms. The van der Waals surface area contributed by atoms with Crippen LogP contribution in [0.3, 0.4) is 0 Å². The number of anilines is 1. The third-order valence-electron chi connectivity index (χ3n) is 2.10. The number of aromatic carboxylic acids is 1. The van der Waals surface area contributed by atoms with Gasteiger partial charge in [0, 0.05) is 13.0 Å². The van der Waals surface area contributed by atoms with E-state index in [1.54, 1.807) is 7.05 Å². The molecule has 0 bridgehead atoms. The average molecular weight is 240 g/mol. The molecule has 0 heterocycles. The van der Waals surface area contributed by atoms with Crippen LogP contribution in [0.25, 0.3) is 0 Å². The molecule has 0 aromatic heterocycles. The number of nitrogens with one attached hydrogen (secondary N) is 2. The van der Waals surface area contributed by atoms with Crippen LogP contribution in [0.15, 0.2) is 18.2 Å². The second-order valence-corrected chi connectivity index (χ2v) is 3.37. The molecule has 0 saturated carbocycles. The van der Waals surface area contributed by atoms with Crippen LogP contribution in [0.1, 0.15) is 16.8 Å². The van der Waals surface area contributed by atoms with E-state index in [0.717, 1.165) is 6.07 Å². The predicted molar refractivity (Wildman–Crippen MR) is 60.5 cm³/mol. The van der Waals surface area contributed by atoms with E-state index in [2.05, 4.69) is 10.6 Å². The van der Waals surface area contributed by atoms with E-state index in [9.17, 15) is 14.0 Å². The van der Waals surface area contributed by atoms with E-state index >= 15 is 0 Å². The molecular weight excluding hydrogens is 227 g/mol. The van der Waals surface area contributed by atoms with Crippen molar-refractivity contribution in [3.05, 3.63) is 29.6 Å². The lowest BCUT2D eigenvalue weighted by Crippen LogP contribution is -2.20. The highest BCUT2D eigenvalue weighted by molar-refractivity contribution is 6.00. The summed E-state index contributed by atoms with van der Waals surface area (Å²) in [5.41, 5.74) is -0.552. The summed E-state index contributed by atoms with van der Waals surface area (Å²) in [6.45, 7) is 0.462. The van der Waals surface area contributed by atoms with Gasteiger partial charge in [-0.15, -0.1) is 0 Å². The summed E-state index contributed by atoms with van der Waals surface area (Å²) < 4.78 is 13.3. The maximum absolute atomic E-state index is 13.3. The van der Waals surface area contributed by atoms with Gasteiger partial charge in [0.15, 0.2) is 0 Å². The number of carbonyl (C=O) groups is 2. The second-order valence-electron chi connectivity index (χ2n) is 3.37. The van der Waals surface area contributed by atoms with Crippen LogP contribution in [0.5, 0.6) is 0 Å². The van der Waals surface area contributed by atoms with E-state index in [-0.39, 0.29) is 18.0 Å². The quantitative estimate of drug-likeness (QED) is 0.719. The number of hydrogen-bond donors (Lipinski definition) is 3. The van der Waals surface area contributed by atoms with Gasteiger partial charge in [0.25, 0.3) is 0 Å². The lowest BCUT2D eigenvalue weighted by Gasteiger charge is -2.08. The first kappa shape index (κ1) is 13.1. The molecule has 17 heavy (non-hydrogen) atoms. The number of rotatable bonds is 5. The van der Waals surface area contributed by atoms with Crippen molar-refractivity contribution in [1.29, 1.82) is 0 Å². The molecule has 0 radical (unpaired) electrons. The van der Waals surface area contributed by atoms with E-state index in [1.165, 1.54) is 12.1 Å². The Morgan fingerprint density at radius 1 is 1.41 bits per heavy atom. The van der Waals surface area contributed by atoms with Crippen molar-refractivity contribution in [3.63, 3.8) is 0 Å². The predicted octanol–water partition coefficient (Wildman–Crippen LogP) is 1.07. The molecule has 1 amide bonds. The molecule has 0 aliphatic carbocycles. The van der Waals surface area contributed by atoms with E-state index in [4.69, 9.17) is 5.11 Å². The van der Waals surface area contributed by atoms with Gasteiger partial charge in [-0.25, -0.2) is 9.18 Å². The van der Waals surface area contributed by atoms with Crippen molar-refractivity contribution >= 4 is 17.6 Å². The highest BCUT2D eigenvalue weighted by atomic mass is 19.1. The summed E-state index contributed by atoms with van der Waals surface area (Å²) in [6.07, 6.45) is 0.187. The Kier molecular flexibility index (Phi) is 4.59. The molecule has 1 rings (SSSR count). The van der Waals surface area contributed by atoms with Crippen molar-refractivity contribution in [2.75, 3.05) is 18.9 Å². The van der Waals surface area contributed by atoms with Crippen molar-refractivity contribution in [2.45, 2.75) is 6.42 Å². The third-order valence-corrected chi connectivity index (χ3v) is 2.10. The van der Waals surface area contributed by atoms with Gasteiger partial charge >= 0.3 is 5.97 Å². The zero-order chi connectivity index (χ0) is 12.8. The Balaban J connectivity index is 2.87. The fourth-order valence-corrected chi connectivity index (χ4v) is 1.30. The first-order valence-electron chi connectivity index (χ1n) is 5.02. The van der Waals surface area contributed by atoms with Crippen molar-refractivity contribution < 1.29 is 19.1 Å². The van der Waals surface area contributed by atoms with Crippen molar-refractivity contribution in [3.8, 4) is 0 Å². The maximum Gasteiger partial charge on any atom is 0.340 e. The zero-order valence-electron chi connectivity index (χ0n) is 9.29. The Bertz CT molecular complexity index is 435. The van der Waals surface area contributed by atoms with E-state index in [1.807, 2.05) is 0 Å². The molecule has 0 saturated heterocycles. The largest absolute Gasteiger partial charge is 0.478 e. The smallest absolute Gasteiger partial charge is 0.340 e. The fraction of sp³-hybridized carbons (Fsp3) is 0.273. The molecule has 0 aliphatic heterocycles. The maximum atomic E-state index is 13.3. The van der Waals surface area contributed by atoms with Gasteiger partial charge < -0.3 is 15.7 Å². The van der Waals surface area contributed by atoms with Crippen LogP contribution in [-0.2, 0) is 4.79 Å². The first-order valence-corrected chi connectivity index (χ1v) is 5.02. The highest BCUT2D eigenvalue weighted by Gasteiger charge is 2.16. The van der Waals surface area contributed by atoms with Crippen LogP contribution in [0.4, 0.5) is 10.1 Å². The molecule has 0 unspecified atom stereocenters. The third kappa shape index (κ3) is 3.53. The van der Waals surface area contributed by atoms with Crippen LogP contribution in [-0.4, -0.2) is 30.6 Å². The summed E-state index contributed by atoms with van der Waals surface area (Å²) in [4.78, 5) is 22.2. The topological polar surface area (TPSA) is 78.4 Å². The first-order chi connectivity index (χ1) is 8.06. The van der Waals surface area contributed by atoms with Gasteiger partial charge in [0.2, 0.25) is 5.91 Å². The van der Waals surface area contributed by atoms with Crippen molar-refractivity contribution in [1.82, 2.24) is 5.32 Å². The van der Waals surface area contributed by atoms with Crippen LogP contribution in [0, 0.1) is 5.82 Å². The molecule has 0 spiro atoms. The summed E-state index contributed by atoms with van der Waals surface area (Å²) in [6, 6.07) is 3.73. The summed E-state index contributed by atoms with van der Waals surface area (Å²) in [5.74, 6) is -2.65. The second kappa shape index (κ2) is 5.95. The minimum absolute atomic E-state index is 0.0291. The molecule has 1 aromatic rings. The number of carboxylic acid groups (broad SMARTS) is 1. The van der Waals surface area contributed by atoms with Gasteiger partial charge in [0.05, 0.1) is 5.69 Å². The molecule has 5 nitrogen and oxygen atoms in total. The van der Waals surface area contributed by atoms with E-state index < -0.39 is 17.3 Å². The normalized spacial score (nSPS) is 10.0. The lowest BCUT2D eigenvalue weighted by atomic mass is 10.1. The SMILES string of the molecule is CNCCC(=O)Nc1cccc(F)c1C(=O)O. The number of halogens is 1. The number of hydrogen-bond acceptors (Lipinski definition) is 3. The summed E-state index contributed by atoms with van der Waals surface area (Å²) in [5, 5.41) is 14.0. The summed E-state index contributed by atoms with van der Waals surface area (Å²) in [7, 11) is 1.69. The lowest BCUT2D eigenvalue weighted by molar-refractivity contribution is -0.116. The van der Waals surface area contributed by atoms with Gasteiger partial charge in [0.1, 0.15) is 11.4 Å². The molecule has 92 valence electrons. The number of carboxylic acids is 1. The monoisotopic (exact) mass is 240 g/mol. The number of amides is 1. The summed E-state index contributed by atoms with van der Waals surface area (Å²) >= 11 is 0. The molecule has 0 fully saturated rings. The number of carbonyl (C=O) groups excluding carboxylic acids is 1. The Morgan fingerprint density at radius 2 is 2.12 bits per heavy atom. The molecular formula is C11H13FN2O3. The van der Waals surface area contributed by atoms with Gasteiger partial charge in [-0.3, -0.25) is 4.79 Å². The van der Waals surface area contributed by atoms with Gasteiger partial charge in [-0.2, -0.15) is 0 Å². The standard InChI is InChI=1S/C11H13FN2O3/c1-13-6-5-9(15)14-8-4-2-3-7(12)10(8)11(16)17/h2-4,13H,5-6H2,1H3,(H,14,15)(H,16,17). The van der Waals surface area contributed by atoms with E-state index in [0.29, 0.717) is 6.54 Å². The Morgan fingerprint density at radius 3 is 2.71 bits per heavy atom. The van der Waals surface area contributed by atoms with Crippen LogP contribution >= 0.6 is 0 Å². The number of benzene rings is 1. The molecule has 0 atom stereocenters. The Hall–Kier alpha value is -1.95. The highest BCUT2D eigenvalue weighted by Crippen LogP contribution is 2.18. The molecule has 3 N–H and O–H groups in total. The minimum atomic E-state index is -1.41. The average Bonchev–Trinajstić information content (AvgIpc) is 2.25. The van der Waals surface area contributed by atoms with Crippen molar-refractivity contribution in [2.24, 2.45) is 0 Å². The van der Waals surface area contributed by atoms with Gasteiger partial charge in [-0.1, -0.05) is 6.07 Å². The zero-order valence-corrected chi connectivity index (χ0v) is 9.29.